The molecule has 265 valence electrons. The molecule has 0 bridgehead atoms. The van der Waals surface area contributed by atoms with Gasteiger partial charge in [-0.05, 0) is 103 Å². The number of ether oxygens (including phenoxy) is 1. The summed E-state index contributed by atoms with van der Waals surface area (Å²) in [6, 6.07) is 27.4. The van der Waals surface area contributed by atoms with Crippen LogP contribution in [0.1, 0.15) is 81.3 Å². The molecule has 1 fully saturated rings. The lowest BCUT2D eigenvalue weighted by atomic mass is 9.76. The first-order valence-electron chi connectivity index (χ1n) is 18.2. The normalized spacial score (nSPS) is 17.5. The average molecular weight is 688 g/mol. The van der Waals surface area contributed by atoms with Gasteiger partial charge in [-0.25, -0.2) is 8.78 Å². The van der Waals surface area contributed by atoms with E-state index in [1.165, 1.54) is 22.3 Å². The predicted octanol–water partition coefficient (Wildman–Crippen LogP) is 11.5. The largest absolute Gasteiger partial charge is 0.488 e. The first-order valence-corrected chi connectivity index (χ1v) is 18.2. The maximum absolute atomic E-state index is 12.4. The van der Waals surface area contributed by atoms with Crippen LogP contribution in [0.3, 0.4) is 0 Å². The number of hydrogen-bond donors (Lipinski definition) is 0. The molecule has 2 heterocycles. The summed E-state index contributed by atoms with van der Waals surface area (Å²) < 4.78 is 26.8. The lowest BCUT2D eigenvalue weighted by molar-refractivity contribution is -0.126. The van der Waals surface area contributed by atoms with E-state index in [0.29, 0.717) is 18.3 Å². The summed E-state index contributed by atoms with van der Waals surface area (Å²) in [4.78, 5) is 21.9. The molecule has 1 aliphatic heterocycles. The van der Waals surface area contributed by atoms with Crippen LogP contribution in [0, 0.1) is 18.3 Å². The van der Waals surface area contributed by atoms with Crippen molar-refractivity contribution in [3.05, 3.63) is 132 Å². The van der Waals surface area contributed by atoms with E-state index in [1.54, 1.807) is 0 Å². The summed E-state index contributed by atoms with van der Waals surface area (Å²) in [5, 5.41) is 0. The van der Waals surface area contributed by atoms with Crippen molar-refractivity contribution in [1.29, 1.82) is 0 Å². The summed E-state index contributed by atoms with van der Waals surface area (Å²) in [7, 11) is 0. The van der Waals surface area contributed by atoms with E-state index in [0.717, 1.165) is 91.4 Å². The molecule has 1 saturated carbocycles. The van der Waals surface area contributed by atoms with E-state index >= 15 is 0 Å². The van der Waals surface area contributed by atoms with Crippen molar-refractivity contribution >= 4 is 28.8 Å². The van der Waals surface area contributed by atoms with E-state index in [1.807, 2.05) is 18.3 Å². The van der Waals surface area contributed by atoms with Crippen LogP contribution in [0.2, 0.25) is 0 Å². The predicted molar refractivity (Wildman–Crippen MR) is 207 cm³/mol. The second kappa shape index (κ2) is 18.5. The first-order chi connectivity index (χ1) is 24.7. The van der Waals surface area contributed by atoms with Crippen molar-refractivity contribution in [3.63, 3.8) is 0 Å². The number of hydrogen-bond acceptors (Lipinski definition) is 4. The third-order valence-electron chi connectivity index (χ3n) is 9.46. The third-order valence-corrected chi connectivity index (χ3v) is 9.46. The maximum atomic E-state index is 12.4. The zero-order chi connectivity index (χ0) is 36.2. The number of allylic oxidation sites excluding steroid dienone is 3. The van der Waals surface area contributed by atoms with E-state index in [-0.39, 0.29) is 5.92 Å². The van der Waals surface area contributed by atoms with E-state index in [2.05, 4.69) is 117 Å². The van der Waals surface area contributed by atoms with Gasteiger partial charge in [-0.1, -0.05) is 87.5 Å². The molecule has 2 atom stereocenters. The number of Topliss-reactive ketones (excluding diaryl/α,β-unsaturated/α-hetero) is 1. The number of benzene rings is 3. The number of rotatable bonds is 9. The Bertz CT molecular complexity index is 1860. The first kappa shape index (κ1) is 37.5. The summed E-state index contributed by atoms with van der Waals surface area (Å²) in [5.74, 6) is 1.83. The van der Waals surface area contributed by atoms with Gasteiger partial charge in [0.2, 0.25) is 6.43 Å². The summed E-state index contributed by atoms with van der Waals surface area (Å²) in [5.41, 5.74) is 11.9. The van der Waals surface area contributed by atoms with Crippen LogP contribution in [-0.4, -0.2) is 29.5 Å². The van der Waals surface area contributed by atoms with E-state index in [4.69, 9.17) is 9.73 Å². The highest BCUT2D eigenvalue weighted by atomic mass is 19.3. The topological polar surface area (TPSA) is 51.5 Å². The maximum Gasteiger partial charge on any atom is 0.235 e. The molecule has 6 heteroatoms. The minimum absolute atomic E-state index is 0.132. The fourth-order valence-corrected chi connectivity index (χ4v) is 6.53. The van der Waals surface area contributed by atoms with Crippen molar-refractivity contribution in [3.8, 4) is 16.9 Å². The van der Waals surface area contributed by atoms with Crippen LogP contribution < -0.4 is 4.74 Å². The second-order valence-electron chi connectivity index (χ2n) is 13.4. The van der Waals surface area contributed by atoms with Crippen LogP contribution >= 0.6 is 0 Å². The summed E-state index contributed by atoms with van der Waals surface area (Å²) in [6.07, 6.45) is 14.9. The molecule has 0 amide bonds. The molecule has 0 spiro atoms. The molecule has 1 aromatic heterocycles. The van der Waals surface area contributed by atoms with Crippen LogP contribution in [0.15, 0.2) is 102 Å². The Morgan fingerprint density at radius 2 is 1.73 bits per heavy atom. The fourth-order valence-electron chi connectivity index (χ4n) is 6.53. The number of nitrogens with zero attached hydrogens (tertiary/aromatic N) is 2. The van der Waals surface area contributed by atoms with Gasteiger partial charge < -0.3 is 4.74 Å². The third kappa shape index (κ3) is 11.1. The number of ketones is 1. The van der Waals surface area contributed by atoms with Crippen LogP contribution in [0.4, 0.5) is 14.5 Å². The number of carbonyl (C=O) groups excluding carboxylic acids is 1. The Balaban J connectivity index is 0.000000278. The SMILES string of the molecule is CC(F)F.CCc1ccc(-c2ccc3c(c2)C=CCC(COc2cccc(CC4C(=O)CCCC4C)c2)=N3)cn1.CCc1ccccc1C1=C[CH]1. The smallest absolute Gasteiger partial charge is 0.235 e. The lowest BCUT2D eigenvalue weighted by Gasteiger charge is -2.27. The zero-order valence-corrected chi connectivity index (χ0v) is 30.2. The van der Waals surface area contributed by atoms with E-state index in [9.17, 15) is 13.6 Å². The second-order valence-corrected chi connectivity index (χ2v) is 13.4. The van der Waals surface area contributed by atoms with Gasteiger partial charge in [0.1, 0.15) is 18.1 Å². The number of carbonyl (C=O) groups is 1. The Morgan fingerprint density at radius 3 is 2.43 bits per heavy atom. The van der Waals surface area contributed by atoms with Crippen molar-refractivity contribution < 1.29 is 18.3 Å². The van der Waals surface area contributed by atoms with Crippen molar-refractivity contribution in [2.24, 2.45) is 16.8 Å². The average Bonchev–Trinajstić information content (AvgIpc) is 4.00. The molecule has 7 rings (SSSR count). The number of halogens is 2. The lowest BCUT2D eigenvalue weighted by Crippen LogP contribution is -2.28. The van der Waals surface area contributed by atoms with Gasteiger partial charge in [-0.2, -0.15) is 0 Å². The molecule has 51 heavy (non-hydrogen) atoms. The number of aryl methyl sites for hydroxylation is 2. The van der Waals surface area contributed by atoms with Gasteiger partial charge >= 0.3 is 0 Å². The summed E-state index contributed by atoms with van der Waals surface area (Å²) >= 11 is 0. The van der Waals surface area contributed by atoms with Crippen LogP contribution in [0.5, 0.6) is 5.75 Å². The quantitative estimate of drug-likeness (QED) is 0.176. The summed E-state index contributed by atoms with van der Waals surface area (Å²) in [6.45, 7) is 7.79. The molecule has 0 N–H and O–H groups in total. The van der Waals surface area contributed by atoms with Gasteiger partial charge in [0, 0.05) is 48.2 Å². The zero-order valence-electron chi connectivity index (χ0n) is 30.2. The minimum Gasteiger partial charge on any atom is -0.488 e. The monoisotopic (exact) mass is 687 g/mol. The Hall–Kier alpha value is -4.71. The molecule has 1 radical (unpaired) electrons. The highest BCUT2D eigenvalue weighted by molar-refractivity contribution is 5.93. The molecule has 4 aromatic rings. The van der Waals surface area contributed by atoms with Gasteiger partial charge in [0.05, 0.1) is 11.4 Å². The molecule has 3 aromatic carbocycles. The van der Waals surface area contributed by atoms with Crippen LogP contribution in [0.25, 0.3) is 22.8 Å². The standard InChI is InChI=1S/C32H34N2O2.C11H11.C2H4F2/c1-3-27-15-13-26(20-33-27)24-14-16-31-25(19-24)9-6-10-28(34-31)21-36-29-11-5-8-23(17-29)18-30-22(2)7-4-12-32(30)35;1-2-9-5-3-4-6-11(9)10-7-8-10;1-2(3)4/h5-6,8-9,11,13-17,19-20,22,30H,3-4,7,10,12,18,21H2,1-2H3;3-8H,2H2,1H3;2H,1H3. The van der Waals surface area contributed by atoms with Crippen LogP contribution in [-0.2, 0) is 24.1 Å². The molecular formula is C45H49F2N2O2. The molecule has 3 aliphatic rings. The van der Waals surface area contributed by atoms with Crippen molar-refractivity contribution in [2.75, 3.05) is 6.61 Å². The Labute approximate surface area is 302 Å². The number of alkyl halides is 2. The number of fused-ring (bicyclic) bond motifs is 1. The molecule has 2 unspecified atom stereocenters. The minimum atomic E-state index is -2.17. The van der Waals surface area contributed by atoms with Gasteiger partial charge in [-0.3, -0.25) is 14.8 Å². The Morgan fingerprint density at radius 1 is 0.941 bits per heavy atom. The Kier molecular flexibility index (Phi) is 13.6. The van der Waals surface area contributed by atoms with Gasteiger partial charge in [-0.15, -0.1) is 0 Å². The number of aliphatic imine (C=N–C) groups is 1. The number of pyridine rings is 1. The highest BCUT2D eigenvalue weighted by Gasteiger charge is 2.28. The van der Waals surface area contributed by atoms with Crippen molar-refractivity contribution in [1.82, 2.24) is 4.98 Å². The molecule has 2 aliphatic carbocycles. The number of aromatic nitrogens is 1. The van der Waals surface area contributed by atoms with Gasteiger partial charge in [0.15, 0.2) is 0 Å². The molecular weight excluding hydrogens is 639 g/mol. The molecule has 0 saturated heterocycles. The fraction of sp³-hybridized carbons (Fsp3) is 0.333. The highest BCUT2D eigenvalue weighted by Crippen LogP contribution is 2.33. The van der Waals surface area contributed by atoms with Crippen molar-refractivity contribution in [2.45, 2.75) is 79.1 Å². The molecule has 4 nitrogen and oxygen atoms in total. The van der Waals surface area contributed by atoms with Gasteiger partial charge in [0.25, 0.3) is 0 Å². The van der Waals surface area contributed by atoms with E-state index < -0.39 is 6.43 Å².